The molecule has 0 aliphatic carbocycles. The van der Waals surface area contributed by atoms with Crippen molar-refractivity contribution in [1.29, 1.82) is 0 Å². The molecule has 2 N–H and O–H groups in total. The first-order valence-corrected chi connectivity index (χ1v) is 9.10. The molecule has 0 aliphatic heterocycles. The lowest BCUT2D eigenvalue weighted by Gasteiger charge is -2.04. The molecule has 0 saturated carbocycles. The van der Waals surface area contributed by atoms with Gasteiger partial charge in [-0.3, -0.25) is 4.68 Å². The van der Waals surface area contributed by atoms with Crippen molar-refractivity contribution in [1.82, 2.24) is 19.7 Å². The van der Waals surface area contributed by atoms with Crippen LogP contribution in [0.3, 0.4) is 0 Å². The van der Waals surface area contributed by atoms with Crippen LogP contribution in [0.2, 0.25) is 5.02 Å². The number of carbonyl (C=O) groups is 1. The van der Waals surface area contributed by atoms with Gasteiger partial charge in [-0.2, -0.15) is 5.10 Å². The Bertz CT molecular complexity index is 1060. The number of nitrogens with zero attached hydrogens (tertiary/aromatic N) is 3. The molecule has 0 radical (unpaired) electrons. The van der Waals surface area contributed by atoms with Gasteiger partial charge in [-0.15, -0.1) is 0 Å². The van der Waals surface area contributed by atoms with Gasteiger partial charge < -0.3 is 9.63 Å². The van der Waals surface area contributed by atoms with Crippen molar-refractivity contribution in [2.75, 3.05) is 0 Å². The second-order valence-electron chi connectivity index (χ2n) is 5.30. The van der Waals surface area contributed by atoms with Crippen molar-refractivity contribution in [3.63, 3.8) is 0 Å². The number of benzene rings is 1. The highest BCUT2D eigenvalue weighted by Crippen LogP contribution is 2.22. The largest absolute Gasteiger partial charge is 0.476 e. The van der Waals surface area contributed by atoms with E-state index >= 15 is 0 Å². The lowest BCUT2D eigenvalue weighted by molar-refractivity contribution is 0.0680. The van der Waals surface area contributed by atoms with Gasteiger partial charge in [-0.25, -0.2) is 17.9 Å². The molecule has 11 heteroatoms. The molecule has 0 fully saturated rings. The number of aromatic nitrogens is 3. The molecular formula is C15H13ClN4O5S. The monoisotopic (exact) mass is 396 g/mol. The first kappa shape index (κ1) is 18.1. The molecular weight excluding hydrogens is 384 g/mol. The molecule has 9 nitrogen and oxygen atoms in total. The summed E-state index contributed by atoms with van der Waals surface area (Å²) < 4.78 is 33.1. The maximum Gasteiger partial charge on any atom is 0.355 e. The predicted molar refractivity (Wildman–Crippen MR) is 91.1 cm³/mol. The van der Waals surface area contributed by atoms with Gasteiger partial charge in [0.15, 0.2) is 11.5 Å². The molecule has 3 rings (SSSR count). The van der Waals surface area contributed by atoms with Crippen LogP contribution in [-0.2, 0) is 23.6 Å². The SMILES string of the molecule is Cn1ncc(S(=O)(=O)NCc2cc(-c3ccc(Cl)cc3)no2)c1C(=O)O. The molecule has 1 aromatic carbocycles. The van der Waals surface area contributed by atoms with Crippen LogP contribution in [0.1, 0.15) is 16.2 Å². The van der Waals surface area contributed by atoms with Gasteiger partial charge in [0.05, 0.1) is 12.7 Å². The van der Waals surface area contributed by atoms with Crippen LogP contribution in [0.15, 0.2) is 45.9 Å². The number of hydrogen-bond acceptors (Lipinski definition) is 6. The van der Waals surface area contributed by atoms with E-state index in [1.54, 1.807) is 30.3 Å². The zero-order valence-electron chi connectivity index (χ0n) is 13.4. The number of nitrogens with one attached hydrogen (secondary N) is 1. The summed E-state index contributed by atoms with van der Waals surface area (Å²) in [6, 6.07) is 8.48. The third kappa shape index (κ3) is 3.62. The molecule has 26 heavy (non-hydrogen) atoms. The minimum Gasteiger partial charge on any atom is -0.476 e. The summed E-state index contributed by atoms with van der Waals surface area (Å²) in [5.41, 5.74) is 0.841. The van der Waals surface area contributed by atoms with E-state index in [0.29, 0.717) is 10.7 Å². The molecule has 3 aromatic rings. The Hall–Kier alpha value is -2.69. The summed E-state index contributed by atoms with van der Waals surface area (Å²) in [6.07, 6.45) is 0.977. The Morgan fingerprint density at radius 2 is 2.04 bits per heavy atom. The smallest absolute Gasteiger partial charge is 0.355 e. The summed E-state index contributed by atoms with van der Waals surface area (Å²) in [6.45, 7) is -0.198. The first-order chi connectivity index (χ1) is 12.3. The Kier molecular flexibility index (Phi) is 4.81. The normalized spacial score (nSPS) is 11.6. The van der Waals surface area contributed by atoms with Crippen LogP contribution >= 0.6 is 11.6 Å². The Balaban J connectivity index is 1.77. The molecule has 2 heterocycles. The van der Waals surface area contributed by atoms with Gasteiger partial charge in [0, 0.05) is 23.7 Å². The van der Waals surface area contributed by atoms with Crippen molar-refractivity contribution in [3.8, 4) is 11.3 Å². The summed E-state index contributed by atoms with van der Waals surface area (Å²) in [5, 5.41) is 17.3. The number of aromatic carboxylic acids is 1. The van der Waals surface area contributed by atoms with Gasteiger partial charge >= 0.3 is 5.97 Å². The molecule has 136 valence electrons. The Labute approximate surface area is 153 Å². The van der Waals surface area contributed by atoms with E-state index in [1.165, 1.54) is 7.05 Å². The molecule has 2 aromatic heterocycles. The van der Waals surface area contributed by atoms with E-state index in [1.807, 2.05) is 0 Å². The zero-order chi connectivity index (χ0) is 18.9. The molecule has 0 atom stereocenters. The van der Waals surface area contributed by atoms with Crippen molar-refractivity contribution in [2.45, 2.75) is 11.4 Å². The van der Waals surface area contributed by atoms with Gasteiger partial charge in [0.25, 0.3) is 0 Å². The van der Waals surface area contributed by atoms with Crippen LogP contribution < -0.4 is 4.72 Å². The lowest BCUT2D eigenvalue weighted by atomic mass is 10.1. The minimum atomic E-state index is -4.09. The van der Waals surface area contributed by atoms with Crippen LogP contribution in [-0.4, -0.2) is 34.4 Å². The number of hydrogen-bond donors (Lipinski definition) is 2. The number of rotatable bonds is 6. The van der Waals surface area contributed by atoms with E-state index in [-0.39, 0.29) is 12.3 Å². The van der Waals surface area contributed by atoms with Crippen LogP contribution in [0.4, 0.5) is 0 Å². The lowest BCUT2D eigenvalue weighted by Crippen LogP contribution is -2.25. The minimum absolute atomic E-state index is 0.198. The number of halogens is 1. The predicted octanol–water partition coefficient (Wildman–Crippen LogP) is 1.91. The van der Waals surface area contributed by atoms with E-state index in [2.05, 4.69) is 15.0 Å². The quantitative estimate of drug-likeness (QED) is 0.651. The van der Waals surface area contributed by atoms with Crippen LogP contribution in [0.5, 0.6) is 0 Å². The maximum atomic E-state index is 12.4. The zero-order valence-corrected chi connectivity index (χ0v) is 15.0. The molecule has 0 spiro atoms. The number of aryl methyl sites for hydroxylation is 1. The van der Waals surface area contributed by atoms with Crippen molar-refractivity contribution in [2.24, 2.45) is 7.05 Å². The molecule has 0 bridgehead atoms. The summed E-state index contributed by atoms with van der Waals surface area (Å²) in [5.74, 6) is -1.13. The highest BCUT2D eigenvalue weighted by atomic mass is 35.5. The van der Waals surface area contributed by atoms with Gasteiger partial charge in [-0.1, -0.05) is 28.9 Å². The summed E-state index contributed by atoms with van der Waals surface area (Å²) >= 11 is 5.83. The van der Waals surface area contributed by atoms with Gasteiger partial charge in [0.2, 0.25) is 10.0 Å². The van der Waals surface area contributed by atoms with E-state index in [0.717, 1.165) is 16.4 Å². The van der Waals surface area contributed by atoms with Gasteiger partial charge in [0.1, 0.15) is 10.6 Å². The number of carboxylic acid groups (broad SMARTS) is 1. The standard InChI is InChI=1S/C15H13ClN4O5S/c1-20-14(15(21)22)13(8-17-20)26(23,24)18-7-11-6-12(19-25-11)9-2-4-10(16)5-3-9/h2-6,8,18H,7H2,1H3,(H,21,22). The Morgan fingerprint density at radius 3 is 2.69 bits per heavy atom. The topological polar surface area (TPSA) is 127 Å². The fourth-order valence-electron chi connectivity index (χ4n) is 2.25. The van der Waals surface area contributed by atoms with E-state index < -0.39 is 26.6 Å². The average molecular weight is 397 g/mol. The third-order valence-electron chi connectivity index (χ3n) is 3.53. The Morgan fingerprint density at radius 1 is 1.35 bits per heavy atom. The third-order valence-corrected chi connectivity index (χ3v) is 5.19. The second-order valence-corrected chi connectivity index (χ2v) is 7.47. The second kappa shape index (κ2) is 6.90. The van der Waals surface area contributed by atoms with Crippen LogP contribution in [0.25, 0.3) is 11.3 Å². The van der Waals surface area contributed by atoms with E-state index in [4.69, 9.17) is 21.2 Å². The van der Waals surface area contributed by atoms with E-state index in [9.17, 15) is 13.2 Å². The summed E-state index contributed by atoms with van der Waals surface area (Å²) in [7, 11) is -2.75. The number of sulfonamides is 1. The van der Waals surface area contributed by atoms with Crippen molar-refractivity contribution in [3.05, 3.63) is 53.0 Å². The molecule has 0 saturated heterocycles. The van der Waals surface area contributed by atoms with Gasteiger partial charge in [-0.05, 0) is 12.1 Å². The first-order valence-electron chi connectivity index (χ1n) is 7.24. The fraction of sp³-hybridized carbons (Fsp3) is 0.133. The molecule has 0 amide bonds. The summed E-state index contributed by atoms with van der Waals surface area (Å²) in [4.78, 5) is 10.8. The average Bonchev–Trinajstić information content (AvgIpc) is 3.21. The van der Waals surface area contributed by atoms with Crippen molar-refractivity contribution < 1.29 is 22.8 Å². The molecule has 0 unspecified atom stereocenters. The van der Waals surface area contributed by atoms with Crippen LogP contribution in [0, 0.1) is 0 Å². The highest BCUT2D eigenvalue weighted by Gasteiger charge is 2.26. The maximum absolute atomic E-state index is 12.4. The fourth-order valence-corrected chi connectivity index (χ4v) is 3.53. The van der Waals surface area contributed by atoms with Crippen molar-refractivity contribution >= 4 is 27.6 Å². The molecule has 0 aliphatic rings. The highest BCUT2D eigenvalue weighted by molar-refractivity contribution is 7.89. The number of carboxylic acids is 1.